The molecule has 0 amide bonds. The van der Waals surface area contributed by atoms with E-state index in [4.69, 9.17) is 4.74 Å². The van der Waals surface area contributed by atoms with Gasteiger partial charge >= 0.3 is 0 Å². The molecule has 108 valence electrons. The lowest BCUT2D eigenvalue weighted by molar-refractivity contribution is 0.240. The van der Waals surface area contributed by atoms with Crippen LogP contribution in [-0.4, -0.2) is 31.6 Å². The molecule has 3 heteroatoms. The molecule has 0 fully saturated rings. The normalized spacial score (nSPS) is 12.7. The lowest BCUT2D eigenvalue weighted by atomic mass is 10.1. The first kappa shape index (κ1) is 16.0. The molecular formula is C16H28N2O. The monoisotopic (exact) mass is 264 g/mol. The van der Waals surface area contributed by atoms with Crippen LogP contribution < -0.4 is 10.1 Å². The van der Waals surface area contributed by atoms with Crippen LogP contribution in [-0.2, 0) is 13.1 Å². The van der Waals surface area contributed by atoms with Crippen molar-refractivity contribution in [3.63, 3.8) is 0 Å². The number of nitrogens with one attached hydrogen (secondary N) is 1. The van der Waals surface area contributed by atoms with Crippen LogP contribution in [0.4, 0.5) is 0 Å². The maximum absolute atomic E-state index is 5.47. The van der Waals surface area contributed by atoms with Crippen LogP contribution in [0.25, 0.3) is 0 Å². The van der Waals surface area contributed by atoms with E-state index in [1.807, 2.05) is 0 Å². The maximum atomic E-state index is 5.47. The second-order valence-corrected chi connectivity index (χ2v) is 5.10. The van der Waals surface area contributed by atoms with Crippen molar-refractivity contribution < 1.29 is 4.74 Å². The molecule has 3 nitrogen and oxygen atoms in total. The Bertz CT molecular complexity index is 379. The van der Waals surface area contributed by atoms with Gasteiger partial charge in [-0.2, -0.15) is 0 Å². The summed E-state index contributed by atoms with van der Waals surface area (Å²) in [5.74, 6) is 0.982. The van der Waals surface area contributed by atoms with Gasteiger partial charge in [-0.25, -0.2) is 0 Å². The molecule has 0 aliphatic rings. The van der Waals surface area contributed by atoms with E-state index in [9.17, 15) is 0 Å². The van der Waals surface area contributed by atoms with E-state index in [-0.39, 0.29) is 0 Å². The van der Waals surface area contributed by atoms with Gasteiger partial charge in [-0.05, 0) is 44.6 Å². The van der Waals surface area contributed by atoms with Crippen LogP contribution in [0.15, 0.2) is 18.2 Å². The van der Waals surface area contributed by atoms with E-state index in [0.29, 0.717) is 6.04 Å². The van der Waals surface area contributed by atoms with Crippen molar-refractivity contribution in [2.75, 3.05) is 20.7 Å². The van der Waals surface area contributed by atoms with Gasteiger partial charge < -0.3 is 10.1 Å². The van der Waals surface area contributed by atoms with Gasteiger partial charge in [-0.15, -0.1) is 0 Å². The molecule has 0 aliphatic carbocycles. The smallest absolute Gasteiger partial charge is 0.123 e. The van der Waals surface area contributed by atoms with Gasteiger partial charge in [0.2, 0.25) is 0 Å². The fourth-order valence-corrected chi connectivity index (χ4v) is 2.07. The Labute approximate surface area is 118 Å². The quantitative estimate of drug-likeness (QED) is 0.781. The van der Waals surface area contributed by atoms with Gasteiger partial charge in [-0.1, -0.05) is 19.9 Å². The topological polar surface area (TPSA) is 24.5 Å². The molecule has 1 aromatic rings. The zero-order chi connectivity index (χ0) is 14.3. The minimum atomic E-state index is 0.585. The summed E-state index contributed by atoms with van der Waals surface area (Å²) in [6, 6.07) is 7.04. The van der Waals surface area contributed by atoms with Crippen molar-refractivity contribution in [3.05, 3.63) is 29.3 Å². The van der Waals surface area contributed by atoms with Gasteiger partial charge in [0.25, 0.3) is 0 Å². The van der Waals surface area contributed by atoms with Crippen molar-refractivity contribution in [1.82, 2.24) is 10.2 Å². The average molecular weight is 264 g/mol. The molecule has 19 heavy (non-hydrogen) atoms. The Morgan fingerprint density at radius 2 is 2.05 bits per heavy atom. The molecular weight excluding hydrogens is 236 g/mol. The third-order valence-electron chi connectivity index (χ3n) is 3.69. The summed E-state index contributed by atoms with van der Waals surface area (Å²) < 4.78 is 5.47. The van der Waals surface area contributed by atoms with Gasteiger partial charge in [0.05, 0.1) is 7.11 Å². The van der Waals surface area contributed by atoms with Crippen LogP contribution in [0, 0.1) is 0 Å². The van der Waals surface area contributed by atoms with E-state index in [1.165, 1.54) is 11.1 Å². The molecule has 0 radical (unpaired) electrons. The number of hydrogen-bond acceptors (Lipinski definition) is 3. The Hall–Kier alpha value is -1.06. The highest BCUT2D eigenvalue weighted by Crippen LogP contribution is 2.22. The van der Waals surface area contributed by atoms with Gasteiger partial charge in [0.15, 0.2) is 0 Å². The molecule has 1 aromatic carbocycles. The molecule has 0 saturated carbocycles. The van der Waals surface area contributed by atoms with Crippen LogP contribution in [0.3, 0.4) is 0 Å². The molecule has 1 rings (SSSR count). The van der Waals surface area contributed by atoms with Crippen molar-refractivity contribution >= 4 is 0 Å². The van der Waals surface area contributed by atoms with Gasteiger partial charge in [0.1, 0.15) is 5.75 Å². The SMILES string of the molecule is CCNCc1ccc(OC)c(CN(C)C(C)CC)c1. The molecule has 0 bridgehead atoms. The maximum Gasteiger partial charge on any atom is 0.123 e. The predicted molar refractivity (Wildman–Crippen MR) is 81.6 cm³/mol. The standard InChI is InChI=1S/C16H28N2O/c1-6-13(3)18(4)12-15-10-14(11-17-7-2)8-9-16(15)19-5/h8-10,13,17H,6-7,11-12H2,1-5H3. The van der Waals surface area contributed by atoms with Crippen LogP contribution >= 0.6 is 0 Å². The number of nitrogens with zero attached hydrogens (tertiary/aromatic N) is 1. The average Bonchev–Trinajstić information content (AvgIpc) is 2.44. The first-order valence-electron chi connectivity index (χ1n) is 7.19. The summed E-state index contributed by atoms with van der Waals surface area (Å²) in [4.78, 5) is 2.37. The highest BCUT2D eigenvalue weighted by atomic mass is 16.5. The second-order valence-electron chi connectivity index (χ2n) is 5.10. The summed E-state index contributed by atoms with van der Waals surface area (Å²) in [6.07, 6.45) is 1.16. The van der Waals surface area contributed by atoms with Gasteiger partial charge in [0, 0.05) is 24.7 Å². The largest absolute Gasteiger partial charge is 0.496 e. The molecule has 1 N–H and O–H groups in total. The Morgan fingerprint density at radius 1 is 1.32 bits per heavy atom. The lowest BCUT2D eigenvalue weighted by Gasteiger charge is -2.24. The van der Waals surface area contributed by atoms with Crippen molar-refractivity contribution in [3.8, 4) is 5.75 Å². The fourth-order valence-electron chi connectivity index (χ4n) is 2.07. The summed E-state index contributed by atoms with van der Waals surface area (Å²) in [5.41, 5.74) is 2.58. The highest BCUT2D eigenvalue weighted by Gasteiger charge is 2.11. The zero-order valence-corrected chi connectivity index (χ0v) is 13.0. The summed E-state index contributed by atoms with van der Waals surface area (Å²) in [7, 11) is 3.91. The number of benzene rings is 1. The Balaban J connectivity index is 2.83. The molecule has 1 atom stereocenters. The molecule has 0 aliphatic heterocycles. The molecule has 0 aromatic heterocycles. The summed E-state index contributed by atoms with van der Waals surface area (Å²) in [6.45, 7) is 9.45. The Kier molecular flexibility index (Phi) is 6.89. The van der Waals surface area contributed by atoms with Crippen LogP contribution in [0.1, 0.15) is 38.3 Å². The minimum Gasteiger partial charge on any atom is -0.496 e. The molecule has 0 spiro atoms. The molecule has 1 unspecified atom stereocenters. The van der Waals surface area contributed by atoms with E-state index >= 15 is 0 Å². The molecule has 0 saturated heterocycles. The van der Waals surface area contributed by atoms with Crippen LogP contribution in [0.2, 0.25) is 0 Å². The van der Waals surface area contributed by atoms with Crippen molar-refractivity contribution in [2.45, 2.75) is 46.3 Å². The molecule has 0 heterocycles. The summed E-state index contributed by atoms with van der Waals surface area (Å²) in [5, 5.41) is 3.36. The number of hydrogen-bond donors (Lipinski definition) is 1. The van der Waals surface area contributed by atoms with Crippen LogP contribution in [0.5, 0.6) is 5.75 Å². The lowest BCUT2D eigenvalue weighted by Crippen LogP contribution is -2.28. The number of methoxy groups -OCH3 is 1. The fraction of sp³-hybridized carbons (Fsp3) is 0.625. The minimum absolute atomic E-state index is 0.585. The highest BCUT2D eigenvalue weighted by molar-refractivity contribution is 5.37. The van der Waals surface area contributed by atoms with Crippen molar-refractivity contribution in [2.24, 2.45) is 0 Å². The zero-order valence-electron chi connectivity index (χ0n) is 13.0. The predicted octanol–water partition coefficient (Wildman–Crippen LogP) is 3.04. The first-order valence-corrected chi connectivity index (χ1v) is 7.19. The third-order valence-corrected chi connectivity index (χ3v) is 3.69. The summed E-state index contributed by atoms with van der Waals surface area (Å²) >= 11 is 0. The number of ether oxygens (including phenoxy) is 1. The van der Waals surface area contributed by atoms with E-state index < -0.39 is 0 Å². The van der Waals surface area contributed by atoms with Gasteiger partial charge in [-0.3, -0.25) is 4.90 Å². The van der Waals surface area contributed by atoms with E-state index in [2.05, 4.69) is 56.2 Å². The second kappa shape index (κ2) is 8.18. The van der Waals surface area contributed by atoms with E-state index in [0.717, 1.165) is 31.8 Å². The first-order chi connectivity index (χ1) is 9.12. The van der Waals surface area contributed by atoms with E-state index in [1.54, 1.807) is 7.11 Å². The van der Waals surface area contributed by atoms with Crippen molar-refractivity contribution in [1.29, 1.82) is 0 Å². The number of rotatable bonds is 8. The third kappa shape index (κ3) is 4.84. The Morgan fingerprint density at radius 3 is 2.63 bits per heavy atom.